The number of benzene rings is 1. The zero-order chi connectivity index (χ0) is 13.1. The van der Waals surface area contributed by atoms with Gasteiger partial charge in [0.15, 0.2) is 0 Å². The van der Waals surface area contributed by atoms with E-state index in [1.807, 2.05) is 6.92 Å². The van der Waals surface area contributed by atoms with Gasteiger partial charge in [0, 0.05) is 24.9 Å². The number of halogens is 1. The third-order valence-corrected chi connectivity index (χ3v) is 3.16. The zero-order valence-corrected chi connectivity index (χ0v) is 10.3. The highest BCUT2D eigenvalue weighted by molar-refractivity contribution is 5.98. The number of amides is 1. The first-order valence-electron chi connectivity index (χ1n) is 6.06. The fourth-order valence-electron chi connectivity index (χ4n) is 2.21. The van der Waals surface area contributed by atoms with E-state index in [2.05, 4.69) is 5.32 Å². The van der Waals surface area contributed by atoms with Crippen molar-refractivity contribution in [2.45, 2.75) is 25.4 Å². The molecule has 1 aromatic rings. The zero-order valence-electron chi connectivity index (χ0n) is 10.3. The minimum Gasteiger partial charge on any atom is -0.396 e. The maximum atomic E-state index is 12.9. The molecule has 2 N–H and O–H groups in total. The van der Waals surface area contributed by atoms with Crippen molar-refractivity contribution in [2.24, 2.45) is 0 Å². The molecule has 0 radical (unpaired) electrons. The molecule has 18 heavy (non-hydrogen) atoms. The van der Waals surface area contributed by atoms with Gasteiger partial charge in [-0.1, -0.05) is 0 Å². The van der Waals surface area contributed by atoms with Crippen LogP contribution in [0, 0.1) is 5.82 Å². The summed E-state index contributed by atoms with van der Waals surface area (Å²) in [5.41, 5.74) is 0.693. The minimum atomic E-state index is -0.365. The number of carbonyl (C=O) groups is 1. The number of aliphatic hydroxyl groups is 1. The molecule has 1 saturated heterocycles. The quantitative estimate of drug-likeness (QED) is 0.840. The maximum absolute atomic E-state index is 12.9. The molecular formula is C13H17FN2O2. The largest absolute Gasteiger partial charge is 0.396 e. The van der Waals surface area contributed by atoms with Gasteiger partial charge in [0.25, 0.3) is 0 Å². The van der Waals surface area contributed by atoms with E-state index in [-0.39, 0.29) is 30.4 Å². The first-order valence-corrected chi connectivity index (χ1v) is 6.06. The second-order valence-corrected chi connectivity index (χ2v) is 4.51. The Hall–Kier alpha value is -1.46. The first kappa shape index (κ1) is 13.0. The lowest BCUT2D eigenvalue weighted by Crippen LogP contribution is -2.59. The molecule has 1 aliphatic heterocycles. The summed E-state index contributed by atoms with van der Waals surface area (Å²) in [7, 11) is 0. The molecule has 0 aliphatic carbocycles. The van der Waals surface area contributed by atoms with Crippen LogP contribution in [0.15, 0.2) is 24.3 Å². The highest BCUT2D eigenvalue weighted by atomic mass is 19.1. The predicted octanol–water partition coefficient (Wildman–Crippen LogP) is 0.901. The highest BCUT2D eigenvalue weighted by Crippen LogP contribution is 2.21. The lowest BCUT2D eigenvalue weighted by Gasteiger charge is -2.38. The molecule has 2 rings (SSSR count). The Bertz CT molecular complexity index is 422. The summed E-state index contributed by atoms with van der Waals surface area (Å²) < 4.78 is 12.9. The van der Waals surface area contributed by atoms with Crippen molar-refractivity contribution < 1.29 is 14.3 Å². The monoisotopic (exact) mass is 252 g/mol. The van der Waals surface area contributed by atoms with Gasteiger partial charge in [0.05, 0.1) is 6.04 Å². The molecule has 1 fully saturated rings. The van der Waals surface area contributed by atoms with E-state index in [4.69, 9.17) is 5.11 Å². The number of aliphatic hydroxyl groups excluding tert-OH is 1. The van der Waals surface area contributed by atoms with Crippen molar-refractivity contribution in [1.82, 2.24) is 5.32 Å². The van der Waals surface area contributed by atoms with Crippen LogP contribution in [-0.2, 0) is 4.79 Å². The summed E-state index contributed by atoms with van der Waals surface area (Å²) in [6, 6.07) is 5.54. The summed E-state index contributed by atoms with van der Waals surface area (Å²) in [6.45, 7) is 2.56. The van der Waals surface area contributed by atoms with E-state index in [0.717, 1.165) is 0 Å². The van der Waals surface area contributed by atoms with Crippen LogP contribution in [0.1, 0.15) is 13.3 Å². The summed E-state index contributed by atoms with van der Waals surface area (Å²) >= 11 is 0. The van der Waals surface area contributed by atoms with Crippen molar-refractivity contribution in [2.75, 3.05) is 18.1 Å². The Morgan fingerprint density at radius 2 is 2.11 bits per heavy atom. The topological polar surface area (TPSA) is 52.6 Å². The van der Waals surface area contributed by atoms with Crippen LogP contribution in [0.4, 0.5) is 10.1 Å². The highest BCUT2D eigenvalue weighted by Gasteiger charge is 2.33. The van der Waals surface area contributed by atoms with Crippen LogP contribution in [0.3, 0.4) is 0 Å². The number of carbonyl (C=O) groups excluding carboxylic acids is 1. The summed E-state index contributed by atoms with van der Waals surface area (Å²) in [4.78, 5) is 13.9. The van der Waals surface area contributed by atoms with E-state index < -0.39 is 0 Å². The molecule has 1 aromatic carbocycles. The standard InChI is InChI=1S/C13H17FN2O2/c1-9-8-15-12(6-7-17)13(18)16(9)11-4-2-10(14)3-5-11/h2-5,9,12,15,17H,6-8H2,1H3. The van der Waals surface area contributed by atoms with Crippen molar-refractivity contribution >= 4 is 11.6 Å². The van der Waals surface area contributed by atoms with E-state index in [9.17, 15) is 9.18 Å². The molecule has 0 aromatic heterocycles. The van der Waals surface area contributed by atoms with E-state index in [1.165, 1.54) is 12.1 Å². The molecular weight excluding hydrogens is 235 g/mol. The van der Waals surface area contributed by atoms with E-state index in [0.29, 0.717) is 18.7 Å². The molecule has 1 amide bonds. The van der Waals surface area contributed by atoms with Crippen LogP contribution in [0.2, 0.25) is 0 Å². The van der Waals surface area contributed by atoms with Gasteiger partial charge in [-0.3, -0.25) is 4.79 Å². The lowest BCUT2D eigenvalue weighted by atomic mass is 10.1. The van der Waals surface area contributed by atoms with Gasteiger partial charge in [-0.2, -0.15) is 0 Å². The van der Waals surface area contributed by atoms with Crippen molar-refractivity contribution in [3.05, 3.63) is 30.1 Å². The van der Waals surface area contributed by atoms with Gasteiger partial charge in [0.1, 0.15) is 5.82 Å². The number of nitrogens with zero attached hydrogens (tertiary/aromatic N) is 1. The molecule has 1 aliphatic rings. The second-order valence-electron chi connectivity index (χ2n) is 4.51. The smallest absolute Gasteiger partial charge is 0.244 e. The Morgan fingerprint density at radius 1 is 1.44 bits per heavy atom. The van der Waals surface area contributed by atoms with Crippen LogP contribution in [0.25, 0.3) is 0 Å². The average Bonchev–Trinajstić information content (AvgIpc) is 2.35. The molecule has 2 atom stereocenters. The maximum Gasteiger partial charge on any atom is 0.244 e. The summed E-state index contributed by atoms with van der Waals surface area (Å²) in [5, 5.41) is 12.0. The van der Waals surface area contributed by atoms with Crippen molar-refractivity contribution in [3.63, 3.8) is 0 Å². The Labute approximate surface area is 105 Å². The Kier molecular flexibility index (Phi) is 3.93. The van der Waals surface area contributed by atoms with Crippen LogP contribution in [0.5, 0.6) is 0 Å². The lowest BCUT2D eigenvalue weighted by molar-refractivity contribution is -0.122. The summed E-state index contributed by atoms with van der Waals surface area (Å²) in [6.07, 6.45) is 0.392. The number of nitrogens with one attached hydrogen (secondary N) is 1. The van der Waals surface area contributed by atoms with Crippen LogP contribution in [-0.4, -0.2) is 36.2 Å². The number of rotatable bonds is 3. The molecule has 1 heterocycles. The third-order valence-electron chi connectivity index (χ3n) is 3.16. The molecule has 5 heteroatoms. The molecule has 2 unspecified atom stereocenters. The molecule has 4 nitrogen and oxygen atoms in total. The van der Waals surface area contributed by atoms with Crippen molar-refractivity contribution in [3.8, 4) is 0 Å². The summed E-state index contributed by atoms with van der Waals surface area (Å²) in [5.74, 6) is -0.393. The molecule has 0 bridgehead atoms. The van der Waals surface area contributed by atoms with Gasteiger partial charge in [-0.25, -0.2) is 4.39 Å². The van der Waals surface area contributed by atoms with Gasteiger partial charge >= 0.3 is 0 Å². The van der Waals surface area contributed by atoms with E-state index in [1.54, 1.807) is 17.0 Å². The van der Waals surface area contributed by atoms with Gasteiger partial charge in [-0.05, 0) is 37.6 Å². The fourth-order valence-corrected chi connectivity index (χ4v) is 2.21. The van der Waals surface area contributed by atoms with Gasteiger partial charge in [0.2, 0.25) is 5.91 Å². The van der Waals surface area contributed by atoms with Crippen LogP contribution >= 0.6 is 0 Å². The SMILES string of the molecule is CC1CNC(CCO)C(=O)N1c1ccc(F)cc1. The van der Waals surface area contributed by atoms with Crippen molar-refractivity contribution in [1.29, 1.82) is 0 Å². The number of anilines is 1. The normalized spacial score (nSPS) is 24.4. The van der Waals surface area contributed by atoms with Gasteiger partial charge in [-0.15, -0.1) is 0 Å². The second kappa shape index (κ2) is 5.46. The molecule has 98 valence electrons. The number of hydrogen-bond acceptors (Lipinski definition) is 3. The first-order chi connectivity index (χ1) is 8.63. The predicted molar refractivity (Wildman–Crippen MR) is 66.8 cm³/mol. The Balaban J connectivity index is 2.23. The molecule has 0 saturated carbocycles. The minimum absolute atomic E-state index is 0.0119. The van der Waals surface area contributed by atoms with E-state index >= 15 is 0 Å². The third kappa shape index (κ3) is 2.52. The molecule has 0 spiro atoms. The van der Waals surface area contributed by atoms with Crippen LogP contribution < -0.4 is 10.2 Å². The number of hydrogen-bond donors (Lipinski definition) is 2. The average molecular weight is 252 g/mol. The van der Waals surface area contributed by atoms with Gasteiger partial charge < -0.3 is 15.3 Å². The number of piperazine rings is 1. The Morgan fingerprint density at radius 3 is 2.72 bits per heavy atom. The fraction of sp³-hybridized carbons (Fsp3) is 0.462.